The van der Waals surface area contributed by atoms with Crippen molar-refractivity contribution >= 4 is 11.6 Å². The Morgan fingerprint density at radius 2 is 2.33 bits per heavy atom. The summed E-state index contributed by atoms with van der Waals surface area (Å²) in [4.78, 5) is 14.6. The first kappa shape index (κ1) is 15.9. The Morgan fingerprint density at radius 1 is 1.52 bits per heavy atom. The quantitative estimate of drug-likeness (QED) is 0.819. The van der Waals surface area contributed by atoms with Gasteiger partial charge in [-0.25, -0.2) is 0 Å². The van der Waals surface area contributed by atoms with Gasteiger partial charge in [0.1, 0.15) is 5.69 Å². The zero-order valence-electron chi connectivity index (χ0n) is 13.0. The molecule has 2 rings (SSSR count). The van der Waals surface area contributed by atoms with Gasteiger partial charge in [0.2, 0.25) is 0 Å². The SMILES string of the molecule is CCCn1cc(N)cc1C(=O)NCC1CN(CC)CCO1. The predicted octanol–water partition coefficient (Wildman–Crippen LogP) is 0.931. The molecule has 1 aliphatic rings. The third-order valence-electron chi connectivity index (χ3n) is 3.78. The predicted molar refractivity (Wildman–Crippen MR) is 83.3 cm³/mol. The molecule has 6 nitrogen and oxygen atoms in total. The van der Waals surface area contributed by atoms with Gasteiger partial charge in [0.25, 0.3) is 5.91 Å². The van der Waals surface area contributed by atoms with E-state index in [4.69, 9.17) is 10.5 Å². The summed E-state index contributed by atoms with van der Waals surface area (Å²) >= 11 is 0. The van der Waals surface area contributed by atoms with E-state index in [0.717, 1.165) is 39.2 Å². The third-order valence-corrected chi connectivity index (χ3v) is 3.78. The van der Waals surface area contributed by atoms with E-state index in [9.17, 15) is 4.79 Å². The molecule has 1 aromatic rings. The van der Waals surface area contributed by atoms with Crippen LogP contribution in [0.25, 0.3) is 0 Å². The van der Waals surface area contributed by atoms with E-state index in [0.29, 0.717) is 17.9 Å². The van der Waals surface area contributed by atoms with Crippen LogP contribution in [0.2, 0.25) is 0 Å². The fourth-order valence-electron chi connectivity index (χ4n) is 2.64. The Kier molecular flexibility index (Phi) is 5.64. The van der Waals surface area contributed by atoms with Crippen molar-refractivity contribution < 1.29 is 9.53 Å². The first-order valence-corrected chi connectivity index (χ1v) is 7.71. The second-order valence-electron chi connectivity index (χ2n) is 5.45. The molecular formula is C15H26N4O2. The number of nitrogen functional groups attached to an aromatic ring is 1. The standard InChI is InChI=1S/C15H26N4O2/c1-3-5-19-10-12(16)8-14(19)15(20)17-9-13-11-18(4-2)6-7-21-13/h8,10,13H,3-7,9,11,16H2,1-2H3,(H,17,20). The molecule has 3 N–H and O–H groups in total. The number of morpholine rings is 1. The van der Waals surface area contributed by atoms with E-state index in [1.54, 1.807) is 6.07 Å². The molecule has 1 unspecified atom stereocenters. The first-order chi connectivity index (χ1) is 10.1. The fourth-order valence-corrected chi connectivity index (χ4v) is 2.64. The number of nitrogens with zero attached hydrogens (tertiary/aromatic N) is 2. The number of aromatic nitrogens is 1. The van der Waals surface area contributed by atoms with Gasteiger partial charge >= 0.3 is 0 Å². The van der Waals surface area contributed by atoms with Gasteiger partial charge in [0.15, 0.2) is 0 Å². The number of ether oxygens (including phenoxy) is 1. The minimum absolute atomic E-state index is 0.0644. The normalized spacial score (nSPS) is 19.6. The largest absolute Gasteiger partial charge is 0.397 e. The van der Waals surface area contributed by atoms with Crippen molar-refractivity contribution in [2.75, 3.05) is 38.5 Å². The monoisotopic (exact) mass is 294 g/mol. The van der Waals surface area contributed by atoms with E-state index < -0.39 is 0 Å². The van der Waals surface area contributed by atoms with Crippen molar-refractivity contribution in [3.8, 4) is 0 Å². The average Bonchev–Trinajstić information content (AvgIpc) is 2.86. The number of likely N-dealkylation sites (N-methyl/N-ethyl adjacent to an activating group) is 1. The zero-order chi connectivity index (χ0) is 15.2. The Balaban J connectivity index is 1.89. The van der Waals surface area contributed by atoms with E-state index in [-0.39, 0.29) is 12.0 Å². The molecule has 0 aromatic carbocycles. The molecule has 21 heavy (non-hydrogen) atoms. The number of nitrogens with two attached hydrogens (primary N) is 1. The van der Waals surface area contributed by atoms with Gasteiger partial charge in [-0.2, -0.15) is 0 Å². The summed E-state index contributed by atoms with van der Waals surface area (Å²) in [5.41, 5.74) is 7.04. The zero-order valence-corrected chi connectivity index (χ0v) is 13.0. The number of hydrogen-bond acceptors (Lipinski definition) is 4. The first-order valence-electron chi connectivity index (χ1n) is 7.71. The molecule has 1 atom stereocenters. The highest BCUT2D eigenvalue weighted by molar-refractivity contribution is 5.93. The molecule has 0 saturated carbocycles. The third kappa shape index (κ3) is 4.22. The number of amides is 1. The maximum absolute atomic E-state index is 12.3. The van der Waals surface area contributed by atoms with Gasteiger partial charge in [-0.3, -0.25) is 9.69 Å². The summed E-state index contributed by atoms with van der Waals surface area (Å²) < 4.78 is 7.60. The molecule has 1 amide bonds. The Bertz CT molecular complexity index is 472. The summed E-state index contributed by atoms with van der Waals surface area (Å²) in [5.74, 6) is -0.0858. The smallest absolute Gasteiger partial charge is 0.268 e. The summed E-state index contributed by atoms with van der Waals surface area (Å²) in [6.45, 7) is 9.13. The van der Waals surface area contributed by atoms with Crippen molar-refractivity contribution in [3.63, 3.8) is 0 Å². The number of hydrogen-bond donors (Lipinski definition) is 2. The van der Waals surface area contributed by atoms with Gasteiger partial charge in [-0.15, -0.1) is 0 Å². The van der Waals surface area contributed by atoms with E-state index in [2.05, 4.69) is 24.1 Å². The highest BCUT2D eigenvalue weighted by Gasteiger charge is 2.20. The summed E-state index contributed by atoms with van der Waals surface area (Å²) in [6, 6.07) is 1.73. The van der Waals surface area contributed by atoms with Gasteiger partial charge < -0.3 is 20.4 Å². The van der Waals surface area contributed by atoms with Crippen LogP contribution in [0.5, 0.6) is 0 Å². The minimum atomic E-state index is -0.0858. The van der Waals surface area contributed by atoms with Crippen LogP contribution >= 0.6 is 0 Å². The maximum atomic E-state index is 12.3. The van der Waals surface area contributed by atoms with Crippen LogP contribution in [0.15, 0.2) is 12.3 Å². The molecule has 0 radical (unpaired) electrons. The molecule has 1 aliphatic heterocycles. The Morgan fingerprint density at radius 3 is 3.05 bits per heavy atom. The molecule has 1 saturated heterocycles. The van der Waals surface area contributed by atoms with E-state index >= 15 is 0 Å². The summed E-state index contributed by atoms with van der Waals surface area (Å²) in [5, 5.41) is 2.96. The van der Waals surface area contributed by atoms with Crippen molar-refractivity contribution in [1.82, 2.24) is 14.8 Å². The minimum Gasteiger partial charge on any atom is -0.397 e. The van der Waals surface area contributed by atoms with Crippen molar-refractivity contribution in [3.05, 3.63) is 18.0 Å². The summed E-state index contributed by atoms with van der Waals surface area (Å²) in [6.07, 6.45) is 2.84. The molecule has 1 aromatic heterocycles. The topological polar surface area (TPSA) is 72.5 Å². The van der Waals surface area contributed by atoms with Gasteiger partial charge in [-0.05, 0) is 19.0 Å². The van der Waals surface area contributed by atoms with Crippen molar-refractivity contribution in [2.45, 2.75) is 32.9 Å². The number of rotatable bonds is 6. The van der Waals surface area contributed by atoms with Gasteiger partial charge in [0.05, 0.1) is 18.4 Å². The molecule has 6 heteroatoms. The van der Waals surface area contributed by atoms with E-state index in [1.165, 1.54) is 0 Å². The van der Waals surface area contributed by atoms with Gasteiger partial charge in [0, 0.05) is 32.4 Å². The number of anilines is 1. The lowest BCUT2D eigenvalue weighted by Gasteiger charge is -2.32. The Hall–Kier alpha value is -1.53. The van der Waals surface area contributed by atoms with Crippen LogP contribution in [0, 0.1) is 0 Å². The lowest BCUT2D eigenvalue weighted by atomic mass is 10.2. The van der Waals surface area contributed by atoms with Crippen molar-refractivity contribution in [1.29, 1.82) is 0 Å². The molecule has 118 valence electrons. The number of carbonyl (C=O) groups is 1. The molecule has 0 aliphatic carbocycles. The number of carbonyl (C=O) groups excluding carboxylic acids is 1. The van der Waals surface area contributed by atoms with Crippen LogP contribution in [-0.2, 0) is 11.3 Å². The van der Waals surface area contributed by atoms with Gasteiger partial charge in [-0.1, -0.05) is 13.8 Å². The average molecular weight is 294 g/mol. The Labute approximate surface area is 126 Å². The van der Waals surface area contributed by atoms with Crippen LogP contribution in [0.1, 0.15) is 30.8 Å². The highest BCUT2D eigenvalue weighted by Crippen LogP contribution is 2.11. The highest BCUT2D eigenvalue weighted by atomic mass is 16.5. The lowest BCUT2D eigenvalue weighted by molar-refractivity contribution is -0.0246. The second kappa shape index (κ2) is 7.47. The maximum Gasteiger partial charge on any atom is 0.268 e. The van der Waals surface area contributed by atoms with Crippen LogP contribution in [-0.4, -0.2) is 54.3 Å². The second-order valence-corrected chi connectivity index (χ2v) is 5.45. The van der Waals surface area contributed by atoms with Crippen LogP contribution in [0.4, 0.5) is 5.69 Å². The van der Waals surface area contributed by atoms with Crippen LogP contribution < -0.4 is 11.1 Å². The summed E-state index contributed by atoms with van der Waals surface area (Å²) in [7, 11) is 0. The number of aryl methyl sites for hydroxylation is 1. The lowest BCUT2D eigenvalue weighted by Crippen LogP contribution is -2.47. The fraction of sp³-hybridized carbons (Fsp3) is 0.667. The molecular weight excluding hydrogens is 268 g/mol. The van der Waals surface area contributed by atoms with Crippen LogP contribution in [0.3, 0.4) is 0 Å². The molecule has 0 spiro atoms. The molecule has 0 bridgehead atoms. The van der Waals surface area contributed by atoms with E-state index in [1.807, 2.05) is 10.8 Å². The van der Waals surface area contributed by atoms with Crippen molar-refractivity contribution in [2.24, 2.45) is 0 Å². The molecule has 1 fully saturated rings. The number of nitrogens with one attached hydrogen (secondary N) is 1. The molecule has 2 heterocycles.